The van der Waals surface area contributed by atoms with E-state index in [1.807, 2.05) is 32.0 Å². The molecule has 1 atom stereocenters. The van der Waals surface area contributed by atoms with E-state index in [4.69, 9.17) is 9.47 Å². The smallest absolute Gasteiger partial charge is 0.255 e. The number of carbonyl (C=O) groups excluding carboxylic acids is 2. The van der Waals surface area contributed by atoms with Crippen molar-refractivity contribution in [2.75, 3.05) is 19.5 Å². The maximum Gasteiger partial charge on any atom is 0.255 e. The second-order valence-electron chi connectivity index (χ2n) is 9.71. The van der Waals surface area contributed by atoms with Gasteiger partial charge in [-0.15, -0.1) is 0 Å². The molecule has 1 amide bonds. The van der Waals surface area contributed by atoms with Crippen LogP contribution in [0.5, 0.6) is 11.5 Å². The molecule has 2 heterocycles. The lowest BCUT2D eigenvalue weighted by atomic mass is 9.68. The van der Waals surface area contributed by atoms with Gasteiger partial charge in [0.2, 0.25) is 0 Å². The first-order valence-electron chi connectivity index (χ1n) is 11.3. The molecule has 2 N–H and O–H groups in total. The first-order chi connectivity index (χ1) is 16.1. The van der Waals surface area contributed by atoms with Crippen molar-refractivity contribution in [3.63, 3.8) is 0 Å². The van der Waals surface area contributed by atoms with Crippen LogP contribution in [0.15, 0.2) is 59.1 Å². The van der Waals surface area contributed by atoms with E-state index in [1.165, 1.54) is 0 Å². The molecular weight excluding hydrogens is 430 g/mol. The summed E-state index contributed by atoms with van der Waals surface area (Å²) in [5.41, 5.74) is 4.16. The molecule has 1 aliphatic carbocycles. The predicted molar refractivity (Wildman–Crippen MR) is 131 cm³/mol. The SMILES string of the molecule is COc1ccc(OC)c(C2C(C(=O)Nc3cc(C)ccn3)=C(C)NC3=C2C(=O)CC(C)(C)C3)c1. The van der Waals surface area contributed by atoms with Gasteiger partial charge in [0.25, 0.3) is 5.91 Å². The van der Waals surface area contributed by atoms with Gasteiger partial charge in [0.05, 0.1) is 20.1 Å². The number of Topliss-reactive ketones (excluding diaryl/α,β-unsaturated/α-hetero) is 1. The summed E-state index contributed by atoms with van der Waals surface area (Å²) in [6.45, 7) is 7.98. The van der Waals surface area contributed by atoms with Gasteiger partial charge in [0, 0.05) is 40.7 Å². The van der Waals surface area contributed by atoms with E-state index in [0.29, 0.717) is 52.6 Å². The third kappa shape index (κ3) is 4.42. The maximum atomic E-state index is 13.7. The summed E-state index contributed by atoms with van der Waals surface area (Å²) < 4.78 is 11.1. The molecule has 0 radical (unpaired) electrons. The average molecular weight is 462 g/mol. The van der Waals surface area contributed by atoms with Crippen molar-refractivity contribution in [1.29, 1.82) is 0 Å². The molecule has 4 rings (SSSR count). The lowest BCUT2D eigenvalue weighted by Gasteiger charge is -2.40. The van der Waals surface area contributed by atoms with Gasteiger partial charge < -0.3 is 20.1 Å². The first-order valence-corrected chi connectivity index (χ1v) is 11.3. The summed E-state index contributed by atoms with van der Waals surface area (Å²) in [6.07, 6.45) is 2.77. The van der Waals surface area contributed by atoms with Crippen molar-refractivity contribution in [1.82, 2.24) is 10.3 Å². The highest BCUT2D eigenvalue weighted by Crippen LogP contribution is 2.49. The number of amides is 1. The molecule has 7 nitrogen and oxygen atoms in total. The molecule has 34 heavy (non-hydrogen) atoms. The van der Waals surface area contributed by atoms with Crippen LogP contribution in [0.25, 0.3) is 0 Å². The first kappa shape index (κ1) is 23.5. The topological polar surface area (TPSA) is 89.6 Å². The third-order valence-electron chi connectivity index (χ3n) is 6.39. The molecule has 7 heteroatoms. The number of dihydropyridines is 1. The number of allylic oxidation sites excluding steroid dienone is 3. The Bertz CT molecular complexity index is 1230. The normalized spacial score (nSPS) is 19.4. The van der Waals surface area contributed by atoms with E-state index >= 15 is 0 Å². The van der Waals surface area contributed by atoms with E-state index in [-0.39, 0.29) is 17.1 Å². The molecule has 0 saturated heterocycles. The van der Waals surface area contributed by atoms with Gasteiger partial charge in [-0.1, -0.05) is 13.8 Å². The minimum absolute atomic E-state index is 0.0279. The van der Waals surface area contributed by atoms with Crippen molar-refractivity contribution in [2.45, 2.75) is 46.5 Å². The van der Waals surface area contributed by atoms with Gasteiger partial charge in [-0.3, -0.25) is 9.59 Å². The molecule has 2 aliphatic rings. The zero-order valence-corrected chi connectivity index (χ0v) is 20.5. The third-order valence-corrected chi connectivity index (χ3v) is 6.39. The lowest BCUT2D eigenvalue weighted by molar-refractivity contribution is -0.118. The fourth-order valence-electron chi connectivity index (χ4n) is 4.90. The Morgan fingerprint density at radius 2 is 1.88 bits per heavy atom. The number of anilines is 1. The summed E-state index contributed by atoms with van der Waals surface area (Å²) >= 11 is 0. The minimum atomic E-state index is -0.602. The van der Waals surface area contributed by atoms with Gasteiger partial charge in [0.15, 0.2) is 5.78 Å². The van der Waals surface area contributed by atoms with Crippen LogP contribution in [0.4, 0.5) is 5.82 Å². The Morgan fingerprint density at radius 3 is 2.56 bits per heavy atom. The Morgan fingerprint density at radius 1 is 1.12 bits per heavy atom. The van der Waals surface area contributed by atoms with Crippen LogP contribution in [0.1, 0.15) is 50.7 Å². The number of benzene rings is 1. The zero-order chi connectivity index (χ0) is 24.6. The highest BCUT2D eigenvalue weighted by Gasteiger charge is 2.43. The van der Waals surface area contributed by atoms with Crippen molar-refractivity contribution < 1.29 is 19.1 Å². The molecule has 1 unspecified atom stereocenters. The minimum Gasteiger partial charge on any atom is -0.497 e. The average Bonchev–Trinajstić information content (AvgIpc) is 2.76. The van der Waals surface area contributed by atoms with Crippen LogP contribution in [0.2, 0.25) is 0 Å². The van der Waals surface area contributed by atoms with Gasteiger partial charge >= 0.3 is 0 Å². The highest BCUT2D eigenvalue weighted by atomic mass is 16.5. The number of nitrogens with zero attached hydrogens (tertiary/aromatic N) is 1. The van der Waals surface area contributed by atoms with E-state index in [1.54, 1.807) is 32.5 Å². The van der Waals surface area contributed by atoms with Gasteiger partial charge in [-0.2, -0.15) is 0 Å². The monoisotopic (exact) mass is 461 g/mol. The van der Waals surface area contributed by atoms with Crippen LogP contribution in [-0.4, -0.2) is 30.9 Å². The number of pyridine rings is 1. The fourth-order valence-corrected chi connectivity index (χ4v) is 4.90. The van der Waals surface area contributed by atoms with Crippen molar-refractivity contribution >= 4 is 17.5 Å². The molecule has 1 aliphatic heterocycles. The van der Waals surface area contributed by atoms with Gasteiger partial charge in [-0.25, -0.2) is 4.98 Å². The number of hydrogen-bond donors (Lipinski definition) is 2. The van der Waals surface area contributed by atoms with Gasteiger partial charge in [-0.05, 0) is 61.6 Å². The Labute approximate surface area is 200 Å². The zero-order valence-electron chi connectivity index (χ0n) is 20.5. The number of methoxy groups -OCH3 is 2. The van der Waals surface area contributed by atoms with E-state index in [9.17, 15) is 9.59 Å². The van der Waals surface area contributed by atoms with Crippen molar-refractivity contribution in [3.8, 4) is 11.5 Å². The van der Waals surface area contributed by atoms with Crippen LogP contribution in [-0.2, 0) is 9.59 Å². The molecule has 1 aromatic carbocycles. The number of carbonyl (C=O) groups is 2. The molecule has 2 aromatic rings. The van der Waals surface area contributed by atoms with Crippen LogP contribution in [0, 0.1) is 12.3 Å². The molecular formula is C27H31N3O4. The van der Waals surface area contributed by atoms with E-state index in [2.05, 4.69) is 29.5 Å². The van der Waals surface area contributed by atoms with Crippen LogP contribution >= 0.6 is 0 Å². The number of nitrogens with one attached hydrogen (secondary N) is 2. The predicted octanol–water partition coefficient (Wildman–Crippen LogP) is 4.65. The van der Waals surface area contributed by atoms with E-state index in [0.717, 1.165) is 11.3 Å². The second-order valence-corrected chi connectivity index (χ2v) is 9.71. The number of ketones is 1. The maximum absolute atomic E-state index is 13.7. The molecule has 1 aromatic heterocycles. The van der Waals surface area contributed by atoms with Crippen LogP contribution < -0.4 is 20.1 Å². The summed E-state index contributed by atoms with van der Waals surface area (Å²) in [6, 6.07) is 9.13. The summed E-state index contributed by atoms with van der Waals surface area (Å²) in [5.74, 6) is 0.774. The Kier molecular flexibility index (Phi) is 6.21. The number of ether oxygens (including phenoxy) is 2. The molecule has 0 fully saturated rings. The van der Waals surface area contributed by atoms with Crippen LogP contribution in [0.3, 0.4) is 0 Å². The number of hydrogen-bond acceptors (Lipinski definition) is 6. The standard InChI is InChI=1S/C27H31N3O4/c1-15-9-10-28-22(11-15)30-26(32)23-16(2)29-19-13-27(3,4)14-20(31)25(19)24(23)18-12-17(33-5)7-8-21(18)34-6/h7-12,24,29H,13-14H2,1-6H3,(H,28,30,32). The molecule has 178 valence electrons. The Balaban J connectivity index is 1.88. The van der Waals surface area contributed by atoms with Crippen molar-refractivity contribution in [3.05, 3.63) is 70.2 Å². The number of aromatic nitrogens is 1. The summed E-state index contributed by atoms with van der Waals surface area (Å²) in [7, 11) is 3.17. The van der Waals surface area contributed by atoms with Gasteiger partial charge in [0.1, 0.15) is 17.3 Å². The molecule has 0 saturated carbocycles. The summed E-state index contributed by atoms with van der Waals surface area (Å²) in [4.78, 5) is 31.5. The number of rotatable bonds is 5. The highest BCUT2D eigenvalue weighted by molar-refractivity contribution is 6.09. The Hall–Kier alpha value is -3.61. The summed E-state index contributed by atoms with van der Waals surface area (Å²) in [5, 5.41) is 6.30. The quantitative estimate of drug-likeness (QED) is 0.674. The van der Waals surface area contributed by atoms with Crippen molar-refractivity contribution in [2.24, 2.45) is 5.41 Å². The molecule has 0 spiro atoms. The fraction of sp³-hybridized carbons (Fsp3) is 0.370. The molecule has 0 bridgehead atoms. The second kappa shape index (κ2) is 8.97. The lowest BCUT2D eigenvalue weighted by Crippen LogP contribution is -2.39. The largest absolute Gasteiger partial charge is 0.497 e. The number of aryl methyl sites for hydroxylation is 1. The van der Waals surface area contributed by atoms with E-state index < -0.39 is 5.92 Å².